The number of hydrogen-bond donors (Lipinski definition) is 1. The van der Waals surface area contributed by atoms with E-state index in [-0.39, 0.29) is 29.0 Å². The highest BCUT2D eigenvalue weighted by Gasteiger charge is 2.20. The van der Waals surface area contributed by atoms with Crippen LogP contribution < -0.4 is 5.32 Å². The minimum Gasteiger partial charge on any atom is -0.322 e. The van der Waals surface area contributed by atoms with Gasteiger partial charge in [-0.25, -0.2) is 18.4 Å². The number of carbonyl (C=O) groups excluding carboxylic acids is 1. The van der Waals surface area contributed by atoms with Crippen LogP contribution in [0.2, 0.25) is 10.0 Å². The van der Waals surface area contributed by atoms with Crippen molar-refractivity contribution in [2.75, 3.05) is 5.32 Å². The van der Waals surface area contributed by atoms with Crippen molar-refractivity contribution in [3.8, 4) is 0 Å². The second-order valence-electron chi connectivity index (χ2n) is 7.32. The first-order valence-electron chi connectivity index (χ1n) is 9.60. The molecule has 0 saturated heterocycles. The minimum absolute atomic E-state index is 0.139. The van der Waals surface area contributed by atoms with Gasteiger partial charge < -0.3 is 5.32 Å². The summed E-state index contributed by atoms with van der Waals surface area (Å²) in [5.41, 5.74) is 2.32. The fourth-order valence-corrected chi connectivity index (χ4v) is 3.80. The lowest BCUT2D eigenvalue weighted by Crippen LogP contribution is -2.19. The molecule has 4 rings (SSSR count). The van der Waals surface area contributed by atoms with Gasteiger partial charge >= 0.3 is 0 Å². The van der Waals surface area contributed by atoms with Gasteiger partial charge in [0.2, 0.25) is 5.91 Å². The van der Waals surface area contributed by atoms with Crippen LogP contribution in [0.25, 0.3) is 11.0 Å². The second-order valence-corrected chi connectivity index (χ2v) is 8.13. The Kier molecular flexibility index (Phi) is 6.12. The molecule has 4 aromatic rings. The van der Waals surface area contributed by atoms with Crippen molar-refractivity contribution >= 4 is 45.8 Å². The van der Waals surface area contributed by atoms with Crippen molar-refractivity contribution in [1.29, 1.82) is 0 Å². The lowest BCUT2D eigenvalue weighted by molar-refractivity contribution is -0.116. The molecule has 0 aliphatic heterocycles. The average Bonchev–Trinajstić information content (AvgIpc) is 3.28. The van der Waals surface area contributed by atoms with E-state index in [4.69, 9.17) is 23.2 Å². The Morgan fingerprint density at radius 2 is 1.97 bits per heavy atom. The largest absolute Gasteiger partial charge is 0.322 e. The van der Waals surface area contributed by atoms with Crippen LogP contribution in [0.5, 0.6) is 0 Å². The van der Waals surface area contributed by atoms with Crippen molar-refractivity contribution in [3.05, 3.63) is 69.2 Å². The molecule has 0 fully saturated rings. The summed E-state index contributed by atoms with van der Waals surface area (Å²) in [5.74, 6) is -0.384. The van der Waals surface area contributed by atoms with Gasteiger partial charge in [-0.1, -0.05) is 29.3 Å². The first kappa shape index (κ1) is 22.2. The fraction of sp³-hybridized carbons (Fsp3) is 0.238. The predicted octanol–water partition coefficient (Wildman–Crippen LogP) is 5.18. The number of pyridine rings is 1. The van der Waals surface area contributed by atoms with Crippen LogP contribution in [-0.4, -0.2) is 30.5 Å². The quantitative estimate of drug-likeness (QED) is 0.414. The van der Waals surface area contributed by atoms with E-state index in [1.54, 1.807) is 36.9 Å². The Bertz CT molecular complexity index is 1320. The molecule has 0 radical (unpaired) electrons. The zero-order valence-corrected chi connectivity index (χ0v) is 18.6. The van der Waals surface area contributed by atoms with E-state index >= 15 is 0 Å². The molecule has 166 valence electrons. The topological polar surface area (TPSA) is 77.6 Å². The monoisotopic (exact) mass is 478 g/mol. The van der Waals surface area contributed by atoms with Gasteiger partial charge in [-0.05, 0) is 37.6 Å². The maximum atomic E-state index is 13.4. The van der Waals surface area contributed by atoms with Gasteiger partial charge in [-0.3, -0.25) is 9.48 Å². The molecule has 7 nitrogen and oxygen atoms in total. The molecule has 3 aromatic heterocycles. The summed E-state index contributed by atoms with van der Waals surface area (Å²) in [5, 5.41) is 12.4. The highest BCUT2D eigenvalue weighted by Crippen LogP contribution is 2.30. The van der Waals surface area contributed by atoms with Gasteiger partial charge in [-0.15, -0.1) is 0 Å². The highest BCUT2D eigenvalue weighted by atomic mass is 35.5. The molecular weight excluding hydrogens is 461 g/mol. The molecule has 1 amide bonds. The summed E-state index contributed by atoms with van der Waals surface area (Å²) in [6.45, 7) is 3.50. The number of benzene rings is 1. The maximum absolute atomic E-state index is 13.4. The Morgan fingerprint density at radius 3 is 2.69 bits per heavy atom. The number of aromatic nitrogens is 5. The first-order chi connectivity index (χ1) is 15.2. The Morgan fingerprint density at radius 1 is 1.19 bits per heavy atom. The lowest BCUT2D eigenvalue weighted by atomic mass is 10.1. The lowest BCUT2D eigenvalue weighted by Gasteiger charge is -2.07. The summed E-state index contributed by atoms with van der Waals surface area (Å²) >= 11 is 12.0. The molecule has 1 N–H and O–H groups in total. The van der Waals surface area contributed by atoms with E-state index in [1.807, 2.05) is 6.07 Å². The van der Waals surface area contributed by atoms with Crippen LogP contribution in [-0.2, 0) is 17.9 Å². The molecule has 1 aromatic carbocycles. The molecule has 32 heavy (non-hydrogen) atoms. The van der Waals surface area contributed by atoms with Crippen LogP contribution in [0, 0.1) is 13.8 Å². The number of fused-ring (bicyclic) bond motifs is 1. The molecule has 11 heteroatoms. The number of halogens is 4. The number of amides is 1. The van der Waals surface area contributed by atoms with Gasteiger partial charge in [-0.2, -0.15) is 10.2 Å². The van der Waals surface area contributed by atoms with Crippen molar-refractivity contribution in [2.45, 2.75) is 33.4 Å². The van der Waals surface area contributed by atoms with Crippen molar-refractivity contribution in [1.82, 2.24) is 24.5 Å². The van der Waals surface area contributed by atoms with E-state index in [9.17, 15) is 13.6 Å². The molecule has 0 atom stereocenters. The summed E-state index contributed by atoms with van der Waals surface area (Å²) in [6, 6.07) is 6.63. The fourth-order valence-electron chi connectivity index (χ4n) is 3.48. The third-order valence-corrected chi connectivity index (χ3v) is 5.55. The third-order valence-electron chi connectivity index (χ3n) is 4.81. The second kappa shape index (κ2) is 8.84. The molecule has 0 saturated carbocycles. The number of hydrogen-bond acceptors (Lipinski definition) is 4. The van der Waals surface area contributed by atoms with Gasteiger partial charge in [0.25, 0.3) is 6.43 Å². The molecular formula is C21H18Cl2F2N6O. The van der Waals surface area contributed by atoms with Gasteiger partial charge in [0, 0.05) is 17.5 Å². The zero-order valence-electron chi connectivity index (χ0n) is 17.1. The Balaban J connectivity index is 1.49. The van der Waals surface area contributed by atoms with Crippen LogP contribution >= 0.6 is 23.2 Å². The van der Waals surface area contributed by atoms with Crippen LogP contribution in [0.4, 0.5) is 14.5 Å². The highest BCUT2D eigenvalue weighted by molar-refractivity contribution is 6.42. The minimum atomic E-state index is -2.66. The molecule has 0 spiro atoms. The molecule has 0 aliphatic rings. The van der Waals surface area contributed by atoms with Crippen LogP contribution in [0.1, 0.15) is 28.9 Å². The summed E-state index contributed by atoms with van der Waals surface area (Å²) in [6.07, 6.45) is 0.523. The smallest absolute Gasteiger partial charge is 0.264 e. The van der Waals surface area contributed by atoms with E-state index in [0.717, 1.165) is 5.56 Å². The Hall–Kier alpha value is -3.04. The SMILES string of the molecule is Cc1cc(C(F)F)c2c(C)nn(CC(=O)Nc3cnn(Cc4ccc(Cl)c(Cl)c4)c3)c2n1. The van der Waals surface area contributed by atoms with Crippen molar-refractivity contribution in [3.63, 3.8) is 0 Å². The molecule has 3 heterocycles. The van der Waals surface area contributed by atoms with Crippen LogP contribution in [0.15, 0.2) is 36.7 Å². The number of aryl methyl sites for hydroxylation is 2. The average molecular weight is 479 g/mol. The number of anilines is 1. The van der Waals surface area contributed by atoms with Crippen molar-refractivity contribution in [2.24, 2.45) is 0 Å². The predicted molar refractivity (Wildman–Crippen MR) is 118 cm³/mol. The van der Waals surface area contributed by atoms with Crippen LogP contribution in [0.3, 0.4) is 0 Å². The van der Waals surface area contributed by atoms with Crippen molar-refractivity contribution < 1.29 is 13.6 Å². The zero-order chi connectivity index (χ0) is 23.0. The summed E-state index contributed by atoms with van der Waals surface area (Å²) < 4.78 is 29.9. The normalized spacial score (nSPS) is 11.5. The number of carbonyl (C=O) groups is 1. The number of alkyl halides is 2. The standard InChI is InChI=1S/C21H18Cl2F2N6O/c1-11-5-15(20(24)25)19-12(2)29-31(21(19)27-11)10-18(32)28-14-7-26-30(9-14)8-13-3-4-16(22)17(23)6-13/h3-7,9,20H,8,10H2,1-2H3,(H,28,32). The maximum Gasteiger partial charge on any atom is 0.264 e. The first-order valence-corrected chi connectivity index (χ1v) is 10.4. The van der Waals surface area contributed by atoms with Gasteiger partial charge in [0.05, 0.1) is 39.6 Å². The van der Waals surface area contributed by atoms with Gasteiger partial charge in [0.15, 0.2) is 5.65 Å². The van der Waals surface area contributed by atoms with E-state index < -0.39 is 6.43 Å². The third kappa shape index (κ3) is 4.58. The van der Waals surface area contributed by atoms with E-state index in [1.165, 1.54) is 16.9 Å². The Labute approximate surface area is 192 Å². The summed E-state index contributed by atoms with van der Waals surface area (Å²) in [4.78, 5) is 16.9. The number of nitrogens with zero attached hydrogens (tertiary/aromatic N) is 5. The number of rotatable bonds is 6. The van der Waals surface area contributed by atoms with E-state index in [2.05, 4.69) is 20.5 Å². The molecule has 0 unspecified atom stereocenters. The van der Waals surface area contributed by atoms with E-state index in [0.29, 0.717) is 33.7 Å². The number of nitrogens with one attached hydrogen (secondary N) is 1. The molecule has 0 bridgehead atoms. The van der Waals surface area contributed by atoms with Gasteiger partial charge in [0.1, 0.15) is 6.54 Å². The molecule has 0 aliphatic carbocycles. The summed E-state index contributed by atoms with van der Waals surface area (Å²) in [7, 11) is 0.